The summed E-state index contributed by atoms with van der Waals surface area (Å²) in [5, 5.41) is 2.68. The van der Waals surface area contributed by atoms with Gasteiger partial charge in [-0.25, -0.2) is 9.78 Å². The van der Waals surface area contributed by atoms with Crippen molar-refractivity contribution in [2.45, 2.75) is 52.1 Å². The average Bonchev–Trinajstić information content (AvgIpc) is 3.23. The minimum absolute atomic E-state index is 0.168. The highest BCUT2D eigenvalue weighted by Gasteiger charge is 2.30. The van der Waals surface area contributed by atoms with Gasteiger partial charge in [0.1, 0.15) is 5.60 Å². The Labute approximate surface area is 206 Å². The molecule has 0 radical (unpaired) electrons. The van der Waals surface area contributed by atoms with E-state index in [1.54, 1.807) is 48.6 Å². The van der Waals surface area contributed by atoms with Crippen LogP contribution < -0.4 is 5.32 Å². The lowest BCUT2D eigenvalue weighted by Crippen LogP contribution is -2.40. The lowest BCUT2D eigenvalue weighted by molar-refractivity contribution is -0.137. The number of carbonyl (C=O) groups is 2. The molecular weight excluding hydrogens is 475 g/mol. The lowest BCUT2D eigenvalue weighted by atomic mass is 10.0. The Kier molecular flexibility index (Phi) is 6.75. The first-order valence-corrected chi connectivity index (χ1v) is 11.3. The van der Waals surface area contributed by atoms with E-state index in [9.17, 15) is 22.8 Å². The minimum Gasteiger partial charge on any atom is -0.444 e. The first-order chi connectivity index (χ1) is 16.9. The second-order valence-electron chi connectivity index (χ2n) is 9.57. The molecule has 0 aliphatic carbocycles. The Morgan fingerprint density at radius 2 is 1.92 bits per heavy atom. The van der Waals surface area contributed by atoms with Crippen molar-refractivity contribution in [3.05, 3.63) is 77.0 Å². The second kappa shape index (κ2) is 9.63. The molecule has 0 saturated heterocycles. The fraction of sp³-hybridized carbons (Fsp3) is 0.360. The molecule has 1 aliphatic rings. The number of ether oxygens (including phenoxy) is 1. The quantitative estimate of drug-likeness (QED) is 0.550. The summed E-state index contributed by atoms with van der Waals surface area (Å²) in [6.45, 7) is 6.34. The average molecular weight is 502 g/mol. The number of amides is 2. The van der Waals surface area contributed by atoms with E-state index in [1.807, 2.05) is 0 Å². The molecule has 8 nitrogen and oxygen atoms in total. The van der Waals surface area contributed by atoms with Crippen molar-refractivity contribution >= 4 is 17.8 Å². The fourth-order valence-electron chi connectivity index (χ4n) is 3.78. The number of imidazole rings is 1. The molecule has 190 valence electrons. The summed E-state index contributed by atoms with van der Waals surface area (Å²) in [5.41, 5.74) is 1.06. The highest BCUT2D eigenvalue weighted by atomic mass is 19.4. The molecule has 1 N–H and O–H groups in total. The summed E-state index contributed by atoms with van der Waals surface area (Å²) in [4.78, 5) is 35.2. The van der Waals surface area contributed by atoms with E-state index < -0.39 is 29.3 Å². The van der Waals surface area contributed by atoms with Gasteiger partial charge in [-0.05, 0) is 56.5 Å². The molecule has 4 rings (SSSR count). The number of nitrogens with one attached hydrogen (secondary N) is 1. The highest BCUT2D eigenvalue weighted by molar-refractivity contribution is 6.03. The Balaban J connectivity index is 1.38. The van der Waals surface area contributed by atoms with Crippen LogP contribution in [0.3, 0.4) is 0 Å². The van der Waals surface area contributed by atoms with Crippen LogP contribution >= 0.6 is 0 Å². The number of halogens is 3. The van der Waals surface area contributed by atoms with Crippen molar-refractivity contribution in [2.75, 3.05) is 11.9 Å². The number of fused-ring (bicyclic) bond motifs is 1. The van der Waals surface area contributed by atoms with Crippen LogP contribution in [0, 0.1) is 0 Å². The molecular formula is C25H26F3N5O3. The van der Waals surface area contributed by atoms with Crippen LogP contribution in [0.5, 0.6) is 0 Å². The number of nitrogens with zero attached hydrogens (tertiary/aromatic N) is 4. The molecule has 2 amide bonds. The monoisotopic (exact) mass is 501 g/mol. The number of pyridine rings is 1. The highest BCUT2D eigenvalue weighted by Crippen LogP contribution is 2.29. The van der Waals surface area contributed by atoms with Gasteiger partial charge in [0.2, 0.25) is 0 Å². The predicted octanol–water partition coefficient (Wildman–Crippen LogP) is 4.89. The molecule has 1 aliphatic heterocycles. The van der Waals surface area contributed by atoms with Gasteiger partial charge in [0.05, 0.1) is 29.7 Å². The zero-order valence-electron chi connectivity index (χ0n) is 20.1. The van der Waals surface area contributed by atoms with Gasteiger partial charge in [-0.1, -0.05) is 12.1 Å². The minimum atomic E-state index is -4.42. The maximum absolute atomic E-state index is 12.9. The number of rotatable bonds is 4. The molecule has 0 spiro atoms. The van der Waals surface area contributed by atoms with E-state index in [0.717, 1.165) is 17.7 Å². The third kappa shape index (κ3) is 6.21. The van der Waals surface area contributed by atoms with Gasteiger partial charge < -0.3 is 19.5 Å². The topological polar surface area (TPSA) is 89.4 Å². The van der Waals surface area contributed by atoms with E-state index in [-0.39, 0.29) is 12.4 Å². The predicted molar refractivity (Wildman–Crippen MR) is 125 cm³/mol. The van der Waals surface area contributed by atoms with Crippen LogP contribution in [-0.2, 0) is 30.4 Å². The number of anilines is 1. The maximum atomic E-state index is 12.9. The Bertz CT molecular complexity index is 1280. The molecule has 0 atom stereocenters. The number of alkyl halides is 3. The van der Waals surface area contributed by atoms with Crippen molar-refractivity contribution in [3.63, 3.8) is 0 Å². The van der Waals surface area contributed by atoms with E-state index in [0.29, 0.717) is 36.3 Å². The zero-order chi connectivity index (χ0) is 26.1. The third-order valence-electron chi connectivity index (χ3n) is 5.46. The van der Waals surface area contributed by atoms with E-state index in [1.165, 1.54) is 18.6 Å². The van der Waals surface area contributed by atoms with Gasteiger partial charge in [0.25, 0.3) is 5.91 Å². The van der Waals surface area contributed by atoms with E-state index in [2.05, 4.69) is 15.3 Å². The molecule has 36 heavy (non-hydrogen) atoms. The molecule has 0 bridgehead atoms. The largest absolute Gasteiger partial charge is 0.444 e. The smallest absolute Gasteiger partial charge is 0.416 e. The number of hydrogen-bond acceptors (Lipinski definition) is 5. The van der Waals surface area contributed by atoms with E-state index >= 15 is 0 Å². The van der Waals surface area contributed by atoms with Crippen LogP contribution in [0.15, 0.2) is 49.1 Å². The van der Waals surface area contributed by atoms with Crippen LogP contribution in [0.2, 0.25) is 0 Å². The fourth-order valence-corrected chi connectivity index (χ4v) is 3.78. The van der Waals surface area contributed by atoms with Crippen molar-refractivity contribution in [3.8, 4) is 0 Å². The number of benzene rings is 1. The van der Waals surface area contributed by atoms with Crippen LogP contribution in [-0.4, -0.2) is 43.6 Å². The lowest BCUT2D eigenvalue weighted by Gasteiger charge is -2.30. The molecule has 3 aromatic rings. The van der Waals surface area contributed by atoms with Crippen molar-refractivity contribution in [2.24, 2.45) is 0 Å². The van der Waals surface area contributed by atoms with Crippen LogP contribution in [0.4, 0.5) is 23.8 Å². The van der Waals surface area contributed by atoms with E-state index in [4.69, 9.17) is 4.74 Å². The summed E-state index contributed by atoms with van der Waals surface area (Å²) in [6, 6.07) is 6.79. The summed E-state index contributed by atoms with van der Waals surface area (Å²) in [7, 11) is 0. The van der Waals surface area contributed by atoms with Gasteiger partial charge in [-0.3, -0.25) is 9.78 Å². The molecule has 0 unspecified atom stereocenters. The summed E-state index contributed by atoms with van der Waals surface area (Å²) >= 11 is 0. The molecule has 0 saturated carbocycles. The van der Waals surface area contributed by atoms with Gasteiger partial charge in [0.15, 0.2) is 5.82 Å². The van der Waals surface area contributed by atoms with Crippen molar-refractivity contribution < 1.29 is 27.5 Å². The van der Waals surface area contributed by atoms with Crippen LogP contribution in [0.1, 0.15) is 53.5 Å². The Morgan fingerprint density at radius 1 is 1.14 bits per heavy atom. The maximum Gasteiger partial charge on any atom is 0.416 e. The van der Waals surface area contributed by atoms with Gasteiger partial charge in [0, 0.05) is 25.5 Å². The molecule has 2 aromatic heterocycles. The molecule has 1 aromatic carbocycles. The van der Waals surface area contributed by atoms with Gasteiger partial charge >= 0.3 is 12.3 Å². The van der Waals surface area contributed by atoms with Crippen molar-refractivity contribution in [1.29, 1.82) is 0 Å². The molecule has 0 fully saturated rings. The standard InChI is InChI=1S/C25H26F3N5O3/c1-24(2,3)36-23(35)33-8-7-17-10-18(11-29-20(17)13-33)22(34)31-21-14-32(15-30-21)12-16-5-4-6-19(9-16)25(26,27)28/h4-6,9-11,14-15H,7-8,12-13H2,1-3H3,(H,31,34). The normalized spacial score (nSPS) is 13.8. The van der Waals surface area contributed by atoms with Gasteiger partial charge in [-0.2, -0.15) is 13.2 Å². The first kappa shape index (κ1) is 25.2. The molecule has 11 heteroatoms. The first-order valence-electron chi connectivity index (χ1n) is 11.3. The van der Waals surface area contributed by atoms with Gasteiger partial charge in [-0.15, -0.1) is 0 Å². The van der Waals surface area contributed by atoms with Crippen LogP contribution in [0.25, 0.3) is 0 Å². The number of aromatic nitrogens is 3. The Morgan fingerprint density at radius 3 is 2.64 bits per heavy atom. The molecule has 3 heterocycles. The van der Waals surface area contributed by atoms with Crippen molar-refractivity contribution in [1.82, 2.24) is 19.4 Å². The SMILES string of the molecule is CC(C)(C)OC(=O)N1CCc2cc(C(=O)Nc3cn(Cc4cccc(C(F)(F)F)c4)cn3)cnc2C1. The summed E-state index contributed by atoms with van der Waals surface area (Å²) < 4.78 is 45.8. The number of carbonyl (C=O) groups excluding carboxylic acids is 2. The third-order valence-corrected chi connectivity index (χ3v) is 5.46. The summed E-state index contributed by atoms with van der Waals surface area (Å²) in [6.07, 6.45) is 0.133. The summed E-state index contributed by atoms with van der Waals surface area (Å²) in [5.74, 6) is -0.148. The second-order valence-corrected chi connectivity index (χ2v) is 9.57. The number of hydrogen-bond donors (Lipinski definition) is 1. The zero-order valence-corrected chi connectivity index (χ0v) is 20.1. The Hall–Kier alpha value is -3.89.